The second kappa shape index (κ2) is 2.98. The van der Waals surface area contributed by atoms with Gasteiger partial charge in [-0.25, -0.2) is 13.2 Å². The van der Waals surface area contributed by atoms with E-state index in [1.54, 1.807) is 13.8 Å². The summed E-state index contributed by atoms with van der Waals surface area (Å²) in [7, 11) is 0. The average Bonchev–Trinajstić information content (AvgIpc) is 2.32. The van der Waals surface area contributed by atoms with Gasteiger partial charge in [-0.3, -0.25) is 0 Å². The van der Waals surface area contributed by atoms with Crippen LogP contribution in [0.15, 0.2) is 6.07 Å². The van der Waals surface area contributed by atoms with Crippen LogP contribution in [-0.2, 0) is 5.41 Å². The summed E-state index contributed by atoms with van der Waals surface area (Å²) in [5.74, 6) is -3.17. The summed E-state index contributed by atoms with van der Waals surface area (Å²) in [5.41, 5.74) is -0.792. The van der Waals surface area contributed by atoms with Crippen molar-refractivity contribution in [2.24, 2.45) is 0 Å². The first-order chi connectivity index (χ1) is 6.84. The van der Waals surface area contributed by atoms with Gasteiger partial charge in [-0.05, 0) is 11.8 Å². The largest absolute Gasteiger partial charge is 0.388 e. The van der Waals surface area contributed by atoms with Crippen molar-refractivity contribution in [2.45, 2.75) is 31.8 Å². The van der Waals surface area contributed by atoms with E-state index < -0.39 is 29.0 Å². The van der Waals surface area contributed by atoms with Gasteiger partial charge in [0.05, 0.1) is 6.10 Å². The molecule has 0 heterocycles. The Morgan fingerprint density at radius 2 is 1.87 bits per heavy atom. The van der Waals surface area contributed by atoms with E-state index >= 15 is 0 Å². The van der Waals surface area contributed by atoms with Crippen molar-refractivity contribution in [2.75, 3.05) is 0 Å². The van der Waals surface area contributed by atoms with E-state index in [2.05, 4.69) is 0 Å². The summed E-state index contributed by atoms with van der Waals surface area (Å²) in [5, 5.41) is 9.57. The van der Waals surface area contributed by atoms with Crippen molar-refractivity contribution in [1.29, 1.82) is 0 Å². The molecule has 0 saturated heterocycles. The molecule has 0 bridgehead atoms. The number of hydrogen-bond donors (Lipinski definition) is 1. The molecule has 1 atom stereocenters. The molecule has 0 fully saturated rings. The summed E-state index contributed by atoms with van der Waals surface area (Å²) >= 11 is 0. The second-order valence-corrected chi connectivity index (χ2v) is 4.55. The van der Waals surface area contributed by atoms with Gasteiger partial charge in [0.15, 0.2) is 11.6 Å². The average molecular weight is 216 g/mol. The third-order valence-electron chi connectivity index (χ3n) is 2.92. The topological polar surface area (TPSA) is 20.2 Å². The number of benzene rings is 1. The highest BCUT2D eigenvalue weighted by Gasteiger charge is 2.41. The van der Waals surface area contributed by atoms with E-state index in [9.17, 15) is 18.3 Å². The van der Waals surface area contributed by atoms with Crippen LogP contribution in [0.2, 0.25) is 0 Å². The maximum Gasteiger partial charge on any atom is 0.165 e. The first kappa shape index (κ1) is 10.5. The Bertz CT molecular complexity index is 426. The highest BCUT2D eigenvalue weighted by atomic mass is 19.2. The molecular formula is C11H11F3O. The third kappa shape index (κ3) is 1.35. The molecule has 1 aliphatic rings. The summed E-state index contributed by atoms with van der Waals surface area (Å²) in [6.45, 7) is 3.39. The fraction of sp³-hybridized carbons (Fsp3) is 0.455. The van der Waals surface area contributed by atoms with Crippen molar-refractivity contribution < 1.29 is 18.3 Å². The van der Waals surface area contributed by atoms with Crippen LogP contribution in [0.5, 0.6) is 0 Å². The molecule has 1 N–H and O–H groups in total. The van der Waals surface area contributed by atoms with E-state index in [1.165, 1.54) is 0 Å². The van der Waals surface area contributed by atoms with E-state index in [-0.39, 0.29) is 17.5 Å². The van der Waals surface area contributed by atoms with Crippen molar-refractivity contribution >= 4 is 0 Å². The highest BCUT2D eigenvalue weighted by Crippen LogP contribution is 2.47. The Morgan fingerprint density at radius 1 is 1.27 bits per heavy atom. The number of hydrogen-bond acceptors (Lipinski definition) is 1. The third-order valence-corrected chi connectivity index (χ3v) is 2.92. The monoisotopic (exact) mass is 216 g/mol. The van der Waals surface area contributed by atoms with Gasteiger partial charge in [-0.15, -0.1) is 0 Å². The number of rotatable bonds is 0. The van der Waals surface area contributed by atoms with E-state index in [0.717, 1.165) is 0 Å². The highest BCUT2D eigenvalue weighted by molar-refractivity contribution is 5.42. The van der Waals surface area contributed by atoms with Gasteiger partial charge in [0.25, 0.3) is 0 Å². The Morgan fingerprint density at radius 3 is 2.47 bits per heavy atom. The van der Waals surface area contributed by atoms with Crippen LogP contribution in [-0.4, -0.2) is 5.11 Å². The van der Waals surface area contributed by atoms with Gasteiger partial charge >= 0.3 is 0 Å². The molecule has 2 rings (SSSR count). The van der Waals surface area contributed by atoms with E-state index in [4.69, 9.17) is 0 Å². The first-order valence-corrected chi connectivity index (χ1v) is 4.70. The predicted molar refractivity (Wildman–Crippen MR) is 48.9 cm³/mol. The number of aliphatic hydroxyl groups is 1. The molecule has 0 radical (unpaired) electrons. The lowest BCUT2D eigenvalue weighted by Gasteiger charge is -2.19. The molecule has 1 aliphatic carbocycles. The molecule has 1 nitrogen and oxygen atoms in total. The minimum atomic E-state index is -1.25. The lowest BCUT2D eigenvalue weighted by Crippen LogP contribution is -2.15. The predicted octanol–water partition coefficient (Wildman–Crippen LogP) is 2.82. The summed E-state index contributed by atoms with van der Waals surface area (Å²) in [4.78, 5) is 0. The van der Waals surface area contributed by atoms with Crippen LogP contribution < -0.4 is 0 Å². The molecule has 0 aliphatic heterocycles. The summed E-state index contributed by atoms with van der Waals surface area (Å²) in [6.07, 6.45) is -0.917. The smallest absolute Gasteiger partial charge is 0.165 e. The van der Waals surface area contributed by atoms with Crippen LogP contribution in [0.4, 0.5) is 13.2 Å². The molecule has 4 heteroatoms. The maximum atomic E-state index is 13.5. The van der Waals surface area contributed by atoms with E-state index in [0.29, 0.717) is 6.07 Å². The molecule has 0 unspecified atom stereocenters. The Kier molecular flexibility index (Phi) is 2.08. The zero-order chi connectivity index (χ0) is 11.4. The molecule has 0 aromatic heterocycles. The second-order valence-electron chi connectivity index (χ2n) is 4.55. The van der Waals surface area contributed by atoms with Crippen LogP contribution >= 0.6 is 0 Å². The maximum absolute atomic E-state index is 13.5. The van der Waals surface area contributed by atoms with Crippen molar-refractivity contribution in [3.8, 4) is 0 Å². The van der Waals surface area contributed by atoms with Gasteiger partial charge in [0.2, 0.25) is 0 Å². The molecule has 0 amide bonds. The van der Waals surface area contributed by atoms with Crippen LogP contribution in [0.1, 0.15) is 37.5 Å². The van der Waals surface area contributed by atoms with Crippen LogP contribution in [0.25, 0.3) is 0 Å². The van der Waals surface area contributed by atoms with Crippen LogP contribution in [0.3, 0.4) is 0 Å². The number of aliphatic hydroxyl groups excluding tert-OH is 1. The molecule has 0 saturated carbocycles. The lowest BCUT2D eigenvalue weighted by molar-refractivity contribution is 0.157. The molecule has 1 aromatic carbocycles. The molecule has 0 spiro atoms. The minimum absolute atomic E-state index is 0.0916. The quantitative estimate of drug-likeness (QED) is 0.661. The Balaban J connectivity index is 2.78. The summed E-state index contributed by atoms with van der Waals surface area (Å²) < 4.78 is 39.8. The minimum Gasteiger partial charge on any atom is -0.388 e. The molecule has 15 heavy (non-hydrogen) atoms. The standard InChI is InChI=1S/C11H11F3O/c1-11(2)4-7(15)8-9(11)5(12)3-6(13)10(8)14/h3,7,15H,4H2,1-2H3/t7-/m0/s1. The van der Waals surface area contributed by atoms with Gasteiger partial charge in [0.1, 0.15) is 5.82 Å². The van der Waals surface area contributed by atoms with Gasteiger partial charge in [-0.2, -0.15) is 0 Å². The fourth-order valence-electron chi connectivity index (χ4n) is 2.30. The normalized spacial score (nSPS) is 22.9. The Hall–Kier alpha value is -1.03. The zero-order valence-corrected chi connectivity index (χ0v) is 8.44. The summed E-state index contributed by atoms with van der Waals surface area (Å²) in [6, 6.07) is 0.536. The van der Waals surface area contributed by atoms with Crippen molar-refractivity contribution in [3.05, 3.63) is 34.6 Å². The fourth-order valence-corrected chi connectivity index (χ4v) is 2.30. The lowest BCUT2D eigenvalue weighted by atomic mass is 9.86. The van der Waals surface area contributed by atoms with E-state index in [1.807, 2.05) is 0 Å². The molecular weight excluding hydrogens is 205 g/mol. The first-order valence-electron chi connectivity index (χ1n) is 4.70. The van der Waals surface area contributed by atoms with Crippen LogP contribution in [0, 0.1) is 17.5 Å². The zero-order valence-electron chi connectivity index (χ0n) is 8.44. The number of halogens is 3. The molecule has 82 valence electrons. The van der Waals surface area contributed by atoms with Gasteiger partial charge < -0.3 is 5.11 Å². The van der Waals surface area contributed by atoms with Crippen molar-refractivity contribution in [1.82, 2.24) is 0 Å². The Labute approximate surface area is 85.5 Å². The van der Waals surface area contributed by atoms with Crippen molar-refractivity contribution in [3.63, 3.8) is 0 Å². The SMILES string of the molecule is CC1(C)C[C@H](O)c2c(F)c(F)cc(F)c21. The van der Waals surface area contributed by atoms with Gasteiger partial charge in [-0.1, -0.05) is 13.8 Å². The number of fused-ring (bicyclic) bond motifs is 1. The molecule has 1 aromatic rings. The van der Waals surface area contributed by atoms with Gasteiger partial charge in [0, 0.05) is 17.2 Å².